The molecule has 8 heteroatoms. The van der Waals surface area contributed by atoms with Crippen molar-refractivity contribution in [3.05, 3.63) is 87.9 Å². The lowest BCUT2D eigenvalue weighted by Crippen LogP contribution is -2.35. The summed E-state index contributed by atoms with van der Waals surface area (Å²) in [5, 5.41) is 14.5. The summed E-state index contributed by atoms with van der Waals surface area (Å²) in [6.45, 7) is -0.0535. The Morgan fingerprint density at radius 2 is 1.68 bits per heavy atom. The van der Waals surface area contributed by atoms with E-state index in [-0.39, 0.29) is 18.7 Å². The number of carbonyl (C=O) groups is 3. The number of hydrogen-bond acceptors (Lipinski definition) is 4. The van der Waals surface area contributed by atoms with Crippen molar-refractivity contribution in [3.63, 3.8) is 0 Å². The molecule has 158 valence electrons. The molecule has 0 radical (unpaired) electrons. The second-order valence-corrected chi connectivity index (χ2v) is 7.98. The monoisotopic (exact) mass is 454 g/mol. The average molecular weight is 455 g/mol. The van der Waals surface area contributed by atoms with Gasteiger partial charge in [-0.3, -0.25) is 14.4 Å². The summed E-state index contributed by atoms with van der Waals surface area (Å²) < 4.78 is 0. The number of nitrogens with one attached hydrogen (secondary N) is 2. The molecule has 3 aromatic rings. The van der Waals surface area contributed by atoms with Crippen LogP contribution < -0.4 is 10.6 Å². The zero-order valence-electron chi connectivity index (χ0n) is 16.3. The van der Waals surface area contributed by atoms with Crippen molar-refractivity contribution in [2.24, 2.45) is 0 Å². The molecule has 2 aromatic carbocycles. The highest BCUT2D eigenvalue weighted by molar-refractivity contribution is 7.16. The number of aliphatic carboxylic acids is 1. The predicted octanol–water partition coefficient (Wildman–Crippen LogP) is 4.43. The lowest BCUT2D eigenvalue weighted by atomic mass is 10.2. The van der Waals surface area contributed by atoms with Crippen molar-refractivity contribution in [3.8, 4) is 10.4 Å². The van der Waals surface area contributed by atoms with Crippen molar-refractivity contribution in [2.45, 2.75) is 6.42 Å². The van der Waals surface area contributed by atoms with Crippen LogP contribution in [0.5, 0.6) is 0 Å². The van der Waals surface area contributed by atoms with Crippen LogP contribution >= 0.6 is 22.9 Å². The van der Waals surface area contributed by atoms with Crippen molar-refractivity contribution < 1.29 is 19.5 Å². The van der Waals surface area contributed by atoms with Crippen LogP contribution in [0, 0.1) is 0 Å². The molecule has 0 saturated heterocycles. The molecule has 3 N–H and O–H groups in total. The van der Waals surface area contributed by atoms with E-state index in [1.165, 1.54) is 11.3 Å². The molecule has 0 bridgehead atoms. The maximum atomic E-state index is 12.6. The first-order valence-corrected chi connectivity index (χ1v) is 10.6. The smallest absolute Gasteiger partial charge is 0.305 e. The Kier molecular flexibility index (Phi) is 7.59. The number of rotatable bonds is 8. The van der Waals surface area contributed by atoms with Gasteiger partial charge in [-0.05, 0) is 36.4 Å². The first-order chi connectivity index (χ1) is 14.9. The molecule has 0 aliphatic heterocycles. The molecule has 0 saturated carbocycles. The molecule has 0 spiro atoms. The maximum Gasteiger partial charge on any atom is 0.305 e. The van der Waals surface area contributed by atoms with Gasteiger partial charge in [0, 0.05) is 32.4 Å². The number of carbonyl (C=O) groups excluding carboxylic acids is 2. The highest BCUT2D eigenvalue weighted by atomic mass is 35.5. The minimum Gasteiger partial charge on any atom is -0.481 e. The lowest BCUT2D eigenvalue weighted by Gasteiger charge is -2.10. The van der Waals surface area contributed by atoms with Crippen LogP contribution in [-0.2, 0) is 9.59 Å². The van der Waals surface area contributed by atoms with Gasteiger partial charge in [0.25, 0.3) is 11.8 Å². The molecular formula is C23H19ClN2O4S. The van der Waals surface area contributed by atoms with E-state index in [0.29, 0.717) is 10.6 Å². The van der Waals surface area contributed by atoms with E-state index in [1.54, 1.807) is 42.5 Å². The van der Waals surface area contributed by atoms with E-state index < -0.39 is 17.8 Å². The molecule has 31 heavy (non-hydrogen) atoms. The van der Waals surface area contributed by atoms with Gasteiger partial charge in [-0.2, -0.15) is 0 Å². The van der Waals surface area contributed by atoms with Crippen LogP contribution in [0.4, 0.5) is 0 Å². The molecule has 1 heterocycles. The Bertz CT molecular complexity index is 1130. The number of carboxylic acids is 1. The Hall–Kier alpha value is -3.42. The summed E-state index contributed by atoms with van der Waals surface area (Å²) in [6.07, 6.45) is 1.34. The van der Waals surface area contributed by atoms with Crippen molar-refractivity contribution in [1.82, 2.24) is 10.6 Å². The van der Waals surface area contributed by atoms with Gasteiger partial charge in [0.15, 0.2) is 0 Å². The van der Waals surface area contributed by atoms with Crippen LogP contribution in [0.2, 0.25) is 5.02 Å². The molecule has 6 nitrogen and oxygen atoms in total. The molecule has 0 aliphatic carbocycles. The van der Waals surface area contributed by atoms with E-state index in [2.05, 4.69) is 10.6 Å². The minimum atomic E-state index is -1.03. The number of carboxylic acid groups (broad SMARTS) is 1. The number of thiophene rings is 1. The number of benzene rings is 2. The quantitative estimate of drug-likeness (QED) is 0.439. The molecule has 0 aliphatic rings. The van der Waals surface area contributed by atoms with Crippen molar-refractivity contribution >= 4 is 46.8 Å². The van der Waals surface area contributed by atoms with Gasteiger partial charge in [0.1, 0.15) is 5.70 Å². The van der Waals surface area contributed by atoms with Gasteiger partial charge in [-0.25, -0.2) is 0 Å². The second-order valence-electron chi connectivity index (χ2n) is 6.46. The van der Waals surface area contributed by atoms with Gasteiger partial charge in [-0.15, -0.1) is 11.3 Å². The average Bonchev–Trinajstić information content (AvgIpc) is 3.22. The van der Waals surface area contributed by atoms with Gasteiger partial charge < -0.3 is 15.7 Å². The van der Waals surface area contributed by atoms with E-state index >= 15 is 0 Å². The summed E-state index contributed by atoms with van der Waals surface area (Å²) in [7, 11) is 0. The third-order valence-electron chi connectivity index (χ3n) is 4.21. The summed E-state index contributed by atoms with van der Waals surface area (Å²) in [6, 6.07) is 19.6. The van der Waals surface area contributed by atoms with Crippen LogP contribution in [0.1, 0.15) is 21.7 Å². The predicted molar refractivity (Wildman–Crippen MR) is 122 cm³/mol. The van der Waals surface area contributed by atoms with Crippen LogP contribution in [-0.4, -0.2) is 29.4 Å². The standard InChI is InChI=1S/C23H19ClN2O4S/c24-18-9-5-4-8-17(18)20-11-10-16(31-20)14-19(23(30)25-13-12-21(27)28)26-22(29)15-6-2-1-3-7-15/h1-11,14H,12-13H2,(H,25,30)(H,26,29)(H,27,28)/b19-14-. The van der Waals surface area contributed by atoms with Gasteiger partial charge in [-0.1, -0.05) is 48.0 Å². The lowest BCUT2D eigenvalue weighted by molar-refractivity contribution is -0.136. The normalized spacial score (nSPS) is 11.1. The van der Waals surface area contributed by atoms with Crippen molar-refractivity contribution in [1.29, 1.82) is 0 Å². The third-order valence-corrected chi connectivity index (χ3v) is 5.60. The Morgan fingerprint density at radius 3 is 2.39 bits per heavy atom. The molecule has 0 atom stereocenters. The summed E-state index contributed by atoms with van der Waals surface area (Å²) in [5.74, 6) is -2.04. The van der Waals surface area contributed by atoms with E-state index in [0.717, 1.165) is 15.3 Å². The van der Waals surface area contributed by atoms with E-state index in [9.17, 15) is 14.4 Å². The SMILES string of the molecule is O=C(O)CCNC(=O)/C(=C/c1ccc(-c2ccccc2Cl)s1)NC(=O)c1ccccc1. The first kappa shape index (κ1) is 22.3. The van der Waals surface area contributed by atoms with Crippen LogP contribution in [0.25, 0.3) is 16.5 Å². The van der Waals surface area contributed by atoms with Gasteiger partial charge in [0.05, 0.1) is 6.42 Å². The molecule has 0 unspecified atom stereocenters. The second kappa shape index (κ2) is 10.6. The summed E-state index contributed by atoms with van der Waals surface area (Å²) >= 11 is 7.68. The van der Waals surface area contributed by atoms with Gasteiger partial charge >= 0.3 is 5.97 Å². The molecule has 2 amide bonds. The number of amides is 2. The number of hydrogen-bond donors (Lipinski definition) is 3. The topological polar surface area (TPSA) is 95.5 Å². The highest BCUT2D eigenvalue weighted by Crippen LogP contribution is 2.33. The zero-order valence-corrected chi connectivity index (χ0v) is 17.9. The fourth-order valence-corrected chi connectivity index (χ4v) is 3.98. The minimum absolute atomic E-state index is 0.0202. The van der Waals surface area contributed by atoms with Crippen molar-refractivity contribution in [2.75, 3.05) is 6.54 Å². The molecule has 1 aromatic heterocycles. The van der Waals surface area contributed by atoms with Crippen LogP contribution in [0.3, 0.4) is 0 Å². The third kappa shape index (κ3) is 6.28. The molecule has 3 rings (SSSR count). The van der Waals surface area contributed by atoms with Crippen LogP contribution in [0.15, 0.2) is 72.4 Å². The molecule has 0 fully saturated rings. The summed E-state index contributed by atoms with van der Waals surface area (Å²) in [5.41, 5.74) is 1.29. The van der Waals surface area contributed by atoms with E-state index in [4.69, 9.17) is 16.7 Å². The Balaban J connectivity index is 1.85. The highest BCUT2D eigenvalue weighted by Gasteiger charge is 2.15. The van der Waals surface area contributed by atoms with E-state index in [1.807, 2.05) is 30.3 Å². The van der Waals surface area contributed by atoms with Gasteiger partial charge in [0.2, 0.25) is 0 Å². The largest absolute Gasteiger partial charge is 0.481 e. The molecular weight excluding hydrogens is 436 g/mol. The Morgan fingerprint density at radius 1 is 0.968 bits per heavy atom. The fourth-order valence-electron chi connectivity index (χ4n) is 2.70. The zero-order chi connectivity index (χ0) is 22.2. The number of halogens is 1. The maximum absolute atomic E-state index is 12.6. The first-order valence-electron chi connectivity index (χ1n) is 9.37. The fraction of sp³-hybridized carbons (Fsp3) is 0.0870. The summed E-state index contributed by atoms with van der Waals surface area (Å²) in [4.78, 5) is 37.6. The Labute approximate surface area is 188 Å².